The normalized spacial score (nSPS) is 21.0. The Labute approximate surface area is 145 Å². The molecule has 3 aromatic rings. The zero-order valence-corrected chi connectivity index (χ0v) is 14.5. The Morgan fingerprint density at radius 1 is 1.21 bits per heavy atom. The van der Waals surface area contributed by atoms with Crippen molar-refractivity contribution in [2.75, 3.05) is 0 Å². The van der Waals surface area contributed by atoms with Crippen LogP contribution in [-0.4, -0.2) is 21.9 Å². The van der Waals surface area contributed by atoms with Gasteiger partial charge in [-0.2, -0.15) is 0 Å². The molecule has 0 atom stereocenters. The molecule has 0 unspecified atom stereocenters. The standard InChI is InChI=1S/C19H21N3OS/c1-12-7-9-14(10-8-12)20-18(23)15-11-16-17(21-15)22-19(24-16)13-5-3-2-4-6-13/h2-6,11-12,14,21H,7-10H2,1H3,(H,20,23). The van der Waals surface area contributed by atoms with Crippen LogP contribution in [-0.2, 0) is 0 Å². The van der Waals surface area contributed by atoms with Gasteiger partial charge in [-0.25, -0.2) is 4.98 Å². The Kier molecular flexibility index (Phi) is 4.10. The molecule has 1 aliphatic rings. The van der Waals surface area contributed by atoms with Gasteiger partial charge in [0.1, 0.15) is 16.3 Å². The van der Waals surface area contributed by atoms with E-state index in [1.54, 1.807) is 11.3 Å². The number of carbonyl (C=O) groups excluding carboxylic acids is 1. The number of fused-ring (bicyclic) bond motifs is 1. The first-order valence-corrected chi connectivity index (χ1v) is 9.36. The molecule has 124 valence electrons. The van der Waals surface area contributed by atoms with Gasteiger partial charge in [0.25, 0.3) is 5.91 Å². The van der Waals surface area contributed by atoms with E-state index < -0.39 is 0 Å². The number of amides is 1. The summed E-state index contributed by atoms with van der Waals surface area (Å²) in [4.78, 5) is 20.2. The minimum Gasteiger partial charge on any atom is -0.348 e. The third kappa shape index (κ3) is 3.08. The number of H-pyrrole nitrogens is 1. The van der Waals surface area contributed by atoms with E-state index in [0.29, 0.717) is 11.7 Å². The number of aromatic nitrogens is 2. The van der Waals surface area contributed by atoms with Gasteiger partial charge in [-0.1, -0.05) is 37.3 Å². The number of hydrogen-bond donors (Lipinski definition) is 2. The lowest BCUT2D eigenvalue weighted by Crippen LogP contribution is -2.37. The summed E-state index contributed by atoms with van der Waals surface area (Å²) in [6.45, 7) is 2.28. The van der Waals surface area contributed by atoms with Gasteiger partial charge in [-0.15, -0.1) is 11.3 Å². The number of nitrogens with zero attached hydrogens (tertiary/aromatic N) is 1. The van der Waals surface area contributed by atoms with E-state index in [2.05, 4.69) is 34.3 Å². The molecule has 0 saturated heterocycles. The molecule has 1 aromatic carbocycles. The molecular formula is C19H21N3OS. The summed E-state index contributed by atoms with van der Waals surface area (Å²) < 4.78 is 1.02. The summed E-state index contributed by atoms with van der Waals surface area (Å²) in [5.74, 6) is 0.774. The lowest BCUT2D eigenvalue weighted by Gasteiger charge is -2.26. The summed E-state index contributed by atoms with van der Waals surface area (Å²) in [5.41, 5.74) is 2.51. The molecule has 1 fully saturated rings. The highest BCUT2D eigenvalue weighted by molar-refractivity contribution is 7.21. The van der Waals surface area contributed by atoms with E-state index in [4.69, 9.17) is 0 Å². The lowest BCUT2D eigenvalue weighted by atomic mass is 9.87. The molecule has 0 radical (unpaired) electrons. The van der Waals surface area contributed by atoms with Crippen molar-refractivity contribution in [1.29, 1.82) is 0 Å². The van der Waals surface area contributed by atoms with Crippen LogP contribution in [0.4, 0.5) is 0 Å². The average molecular weight is 339 g/mol. The maximum atomic E-state index is 12.5. The molecule has 2 heterocycles. The van der Waals surface area contributed by atoms with Crippen molar-refractivity contribution in [3.8, 4) is 10.6 Å². The van der Waals surface area contributed by atoms with Gasteiger partial charge >= 0.3 is 0 Å². The number of thiazole rings is 1. The minimum absolute atomic E-state index is 0.0129. The van der Waals surface area contributed by atoms with Crippen LogP contribution in [0.15, 0.2) is 36.4 Å². The fourth-order valence-electron chi connectivity index (χ4n) is 3.31. The summed E-state index contributed by atoms with van der Waals surface area (Å²) in [7, 11) is 0. The van der Waals surface area contributed by atoms with Gasteiger partial charge in [0, 0.05) is 11.6 Å². The van der Waals surface area contributed by atoms with Gasteiger partial charge < -0.3 is 10.3 Å². The second kappa shape index (κ2) is 6.40. The minimum atomic E-state index is -0.0129. The van der Waals surface area contributed by atoms with Crippen molar-refractivity contribution in [1.82, 2.24) is 15.3 Å². The molecule has 4 rings (SSSR count). The molecule has 1 saturated carbocycles. The largest absolute Gasteiger partial charge is 0.348 e. The quantitative estimate of drug-likeness (QED) is 0.732. The van der Waals surface area contributed by atoms with Gasteiger partial charge in [0.05, 0.1) is 4.70 Å². The Morgan fingerprint density at radius 2 is 1.96 bits per heavy atom. The number of hydrogen-bond acceptors (Lipinski definition) is 3. The van der Waals surface area contributed by atoms with Crippen LogP contribution in [0.5, 0.6) is 0 Å². The smallest absolute Gasteiger partial charge is 0.268 e. The molecule has 4 nitrogen and oxygen atoms in total. The third-order valence-corrected chi connectivity index (χ3v) is 5.85. The van der Waals surface area contributed by atoms with Crippen LogP contribution >= 0.6 is 11.3 Å². The van der Waals surface area contributed by atoms with Crippen molar-refractivity contribution in [2.24, 2.45) is 5.92 Å². The number of carbonyl (C=O) groups is 1. The maximum Gasteiger partial charge on any atom is 0.268 e. The number of aromatic amines is 1. The van der Waals surface area contributed by atoms with Crippen LogP contribution < -0.4 is 5.32 Å². The maximum absolute atomic E-state index is 12.5. The Morgan fingerprint density at radius 3 is 2.67 bits per heavy atom. The second-order valence-electron chi connectivity index (χ2n) is 6.71. The molecule has 1 aliphatic carbocycles. The van der Waals surface area contributed by atoms with Crippen LogP contribution in [0.1, 0.15) is 43.1 Å². The summed E-state index contributed by atoms with van der Waals surface area (Å²) in [6, 6.07) is 12.3. The molecule has 0 aliphatic heterocycles. The van der Waals surface area contributed by atoms with E-state index >= 15 is 0 Å². The first-order valence-electron chi connectivity index (χ1n) is 8.55. The zero-order valence-electron chi connectivity index (χ0n) is 13.7. The third-order valence-electron chi connectivity index (χ3n) is 4.80. The van der Waals surface area contributed by atoms with Crippen LogP contribution in [0.2, 0.25) is 0 Å². The molecule has 24 heavy (non-hydrogen) atoms. The number of rotatable bonds is 3. The topological polar surface area (TPSA) is 57.8 Å². The molecule has 0 spiro atoms. The second-order valence-corrected chi connectivity index (χ2v) is 7.74. The Hall–Kier alpha value is -2.14. The molecule has 2 aromatic heterocycles. The summed E-state index contributed by atoms with van der Waals surface area (Å²) in [6.07, 6.45) is 4.57. The van der Waals surface area contributed by atoms with Gasteiger partial charge in [-0.05, 0) is 37.7 Å². The van der Waals surface area contributed by atoms with Gasteiger partial charge in [0.2, 0.25) is 0 Å². The van der Waals surface area contributed by atoms with Crippen molar-refractivity contribution < 1.29 is 4.79 Å². The van der Waals surface area contributed by atoms with Crippen molar-refractivity contribution >= 4 is 27.6 Å². The number of nitrogens with one attached hydrogen (secondary N) is 2. The van der Waals surface area contributed by atoms with Crippen molar-refractivity contribution in [3.05, 3.63) is 42.1 Å². The fraction of sp³-hybridized carbons (Fsp3) is 0.368. The van der Waals surface area contributed by atoms with E-state index in [-0.39, 0.29) is 5.91 Å². The van der Waals surface area contributed by atoms with E-state index in [0.717, 1.165) is 39.7 Å². The van der Waals surface area contributed by atoms with Crippen molar-refractivity contribution in [3.63, 3.8) is 0 Å². The predicted molar refractivity (Wildman–Crippen MR) is 98.3 cm³/mol. The molecular weight excluding hydrogens is 318 g/mol. The first kappa shape index (κ1) is 15.4. The van der Waals surface area contributed by atoms with E-state index in [1.807, 2.05) is 24.3 Å². The Balaban J connectivity index is 1.49. The van der Waals surface area contributed by atoms with Crippen molar-refractivity contribution in [2.45, 2.75) is 38.6 Å². The highest BCUT2D eigenvalue weighted by atomic mass is 32.1. The molecule has 2 N–H and O–H groups in total. The van der Waals surface area contributed by atoms with Crippen LogP contribution in [0.25, 0.3) is 20.9 Å². The average Bonchev–Trinajstić information content (AvgIpc) is 3.17. The fourth-order valence-corrected chi connectivity index (χ4v) is 4.28. The van der Waals surface area contributed by atoms with E-state index in [1.165, 1.54) is 12.8 Å². The molecule has 5 heteroatoms. The number of benzene rings is 1. The predicted octanol–water partition coefficient (Wildman–Crippen LogP) is 4.60. The zero-order chi connectivity index (χ0) is 16.5. The first-order chi connectivity index (χ1) is 11.7. The van der Waals surface area contributed by atoms with Crippen LogP contribution in [0.3, 0.4) is 0 Å². The van der Waals surface area contributed by atoms with Crippen LogP contribution in [0, 0.1) is 5.92 Å². The van der Waals surface area contributed by atoms with E-state index in [9.17, 15) is 4.79 Å². The Bertz CT molecular complexity index is 813. The summed E-state index contributed by atoms with van der Waals surface area (Å²) >= 11 is 1.61. The molecule has 0 bridgehead atoms. The van der Waals surface area contributed by atoms with Gasteiger partial charge in [0.15, 0.2) is 0 Å². The highest BCUT2D eigenvalue weighted by Crippen LogP contribution is 2.30. The highest BCUT2D eigenvalue weighted by Gasteiger charge is 2.21. The monoisotopic (exact) mass is 339 g/mol. The summed E-state index contributed by atoms with van der Waals surface area (Å²) in [5, 5.41) is 4.14. The molecule has 1 amide bonds. The van der Waals surface area contributed by atoms with Gasteiger partial charge in [-0.3, -0.25) is 4.79 Å². The lowest BCUT2D eigenvalue weighted by molar-refractivity contribution is 0.0918. The SMILES string of the molecule is CC1CCC(NC(=O)c2cc3sc(-c4ccccc4)nc3[nH]2)CC1.